The number of nitrogens with one attached hydrogen (secondary N) is 1. The number of hydrogen-bond donors (Lipinski definition) is 1. The molecule has 3 fully saturated rings. The normalized spacial score (nSPS) is 37.9. The van der Waals surface area contributed by atoms with Crippen LogP contribution in [0.5, 0.6) is 0 Å². The van der Waals surface area contributed by atoms with E-state index in [1.165, 1.54) is 12.8 Å². The number of carbonyl (C=O) groups excluding carboxylic acids is 1. The maximum Gasteiger partial charge on any atom is 0.225 e. The summed E-state index contributed by atoms with van der Waals surface area (Å²) in [6.07, 6.45) is 3.45. The van der Waals surface area contributed by atoms with Crippen LogP contribution in [-0.4, -0.2) is 11.9 Å². The van der Waals surface area contributed by atoms with Gasteiger partial charge in [-0.15, -0.1) is 0 Å². The number of carbonyl (C=O) groups is 1. The second-order valence-electron chi connectivity index (χ2n) is 7.77. The van der Waals surface area contributed by atoms with Gasteiger partial charge in [-0.25, -0.2) is 0 Å². The molecule has 1 amide bonds. The van der Waals surface area contributed by atoms with Gasteiger partial charge in [0.15, 0.2) is 0 Å². The summed E-state index contributed by atoms with van der Waals surface area (Å²) in [5.41, 5.74) is 0.276. The third-order valence-corrected chi connectivity index (χ3v) is 6.17. The highest BCUT2D eigenvalue weighted by molar-refractivity contribution is 5.82. The molecule has 2 nitrogen and oxygen atoms in total. The van der Waals surface area contributed by atoms with Crippen molar-refractivity contribution in [2.24, 2.45) is 28.6 Å². The minimum Gasteiger partial charge on any atom is -0.353 e. The second-order valence-corrected chi connectivity index (χ2v) is 7.77. The highest BCUT2D eigenvalue weighted by Gasteiger charge is 2.56. The molecule has 4 atom stereocenters. The van der Waals surface area contributed by atoms with E-state index >= 15 is 0 Å². The quantitative estimate of drug-likeness (QED) is 0.815. The van der Waals surface area contributed by atoms with E-state index in [4.69, 9.17) is 0 Å². The van der Waals surface area contributed by atoms with Crippen molar-refractivity contribution in [1.29, 1.82) is 0 Å². The van der Waals surface area contributed by atoms with Crippen LogP contribution in [0.1, 0.15) is 60.8 Å². The first-order valence-electron chi connectivity index (χ1n) is 7.51. The highest BCUT2D eigenvalue weighted by atomic mass is 16.2. The molecular weight excluding hydrogens is 222 g/mol. The van der Waals surface area contributed by atoms with Crippen LogP contribution in [-0.2, 0) is 4.79 Å². The predicted molar refractivity (Wildman–Crippen MR) is 75.2 cm³/mol. The lowest BCUT2D eigenvalue weighted by molar-refractivity contribution is -0.140. The van der Waals surface area contributed by atoms with Gasteiger partial charge < -0.3 is 5.32 Å². The minimum absolute atomic E-state index is 0.225. The lowest BCUT2D eigenvalue weighted by Crippen LogP contribution is -2.61. The largest absolute Gasteiger partial charge is 0.353 e. The van der Waals surface area contributed by atoms with E-state index < -0.39 is 0 Å². The van der Waals surface area contributed by atoms with Crippen LogP contribution < -0.4 is 5.32 Å². The Kier molecular flexibility index (Phi) is 3.28. The van der Waals surface area contributed by atoms with Gasteiger partial charge in [-0.2, -0.15) is 0 Å². The Morgan fingerprint density at radius 3 is 2.39 bits per heavy atom. The van der Waals surface area contributed by atoms with Crippen molar-refractivity contribution in [2.45, 2.75) is 66.8 Å². The fourth-order valence-corrected chi connectivity index (χ4v) is 3.86. The van der Waals surface area contributed by atoms with Crippen molar-refractivity contribution in [2.75, 3.05) is 0 Å². The summed E-state index contributed by atoms with van der Waals surface area (Å²) in [6, 6.07) is 0.403. The molecule has 3 aliphatic rings. The molecule has 0 radical (unpaired) electrons. The van der Waals surface area contributed by atoms with E-state index in [1.54, 1.807) is 0 Å². The topological polar surface area (TPSA) is 29.1 Å². The molecule has 1 N–H and O–H groups in total. The third kappa shape index (κ3) is 1.98. The van der Waals surface area contributed by atoms with Gasteiger partial charge >= 0.3 is 0 Å². The number of fused-ring (bicyclic) bond motifs is 2. The van der Waals surface area contributed by atoms with Gasteiger partial charge in [0.25, 0.3) is 0 Å². The summed E-state index contributed by atoms with van der Waals surface area (Å²) in [7, 11) is 0. The van der Waals surface area contributed by atoms with E-state index in [2.05, 4.69) is 33.0 Å². The lowest BCUT2D eigenvalue weighted by Gasteiger charge is -2.62. The fourth-order valence-electron chi connectivity index (χ4n) is 3.86. The van der Waals surface area contributed by atoms with E-state index in [0.717, 1.165) is 18.3 Å². The molecule has 0 spiro atoms. The third-order valence-electron chi connectivity index (χ3n) is 6.17. The smallest absolute Gasteiger partial charge is 0.225 e. The maximum absolute atomic E-state index is 12.3. The molecule has 0 heterocycles. The van der Waals surface area contributed by atoms with Crippen LogP contribution in [0.15, 0.2) is 0 Å². The van der Waals surface area contributed by atoms with E-state index in [9.17, 15) is 4.79 Å². The Bertz CT molecular complexity index is 345. The Labute approximate surface area is 112 Å². The molecule has 104 valence electrons. The first-order chi connectivity index (χ1) is 8.20. The molecule has 3 aliphatic carbocycles. The molecule has 0 aromatic rings. The molecule has 0 aromatic heterocycles. The maximum atomic E-state index is 12.3. The van der Waals surface area contributed by atoms with Gasteiger partial charge in [-0.1, -0.05) is 41.5 Å². The Balaban J connectivity index is 1.99. The second kappa shape index (κ2) is 4.25. The average molecular weight is 251 g/mol. The first kappa shape index (κ1) is 13.9. The summed E-state index contributed by atoms with van der Waals surface area (Å²) in [6.45, 7) is 13.3. The molecule has 2 heteroatoms. The van der Waals surface area contributed by atoms with Crippen LogP contribution in [0.2, 0.25) is 0 Å². The zero-order valence-corrected chi connectivity index (χ0v) is 12.8. The van der Waals surface area contributed by atoms with Crippen LogP contribution in [0.4, 0.5) is 0 Å². The fraction of sp³-hybridized carbons (Fsp3) is 0.938. The molecule has 2 bridgehead atoms. The summed E-state index contributed by atoms with van der Waals surface area (Å²) in [4.78, 5) is 12.3. The zero-order valence-electron chi connectivity index (χ0n) is 12.8. The molecule has 1 unspecified atom stereocenters. The number of rotatable bonds is 3. The lowest BCUT2D eigenvalue weighted by atomic mass is 9.44. The van der Waals surface area contributed by atoms with E-state index in [-0.39, 0.29) is 11.3 Å². The van der Waals surface area contributed by atoms with Crippen LogP contribution in [0.25, 0.3) is 0 Å². The van der Waals surface area contributed by atoms with Gasteiger partial charge in [-0.3, -0.25) is 4.79 Å². The van der Waals surface area contributed by atoms with Crippen LogP contribution in [0, 0.1) is 28.6 Å². The van der Waals surface area contributed by atoms with Crippen molar-refractivity contribution >= 4 is 5.91 Å². The Morgan fingerprint density at radius 2 is 1.94 bits per heavy atom. The van der Waals surface area contributed by atoms with Crippen molar-refractivity contribution in [3.8, 4) is 0 Å². The first-order valence-corrected chi connectivity index (χ1v) is 7.51. The summed E-state index contributed by atoms with van der Waals surface area (Å²) in [5.74, 6) is 2.47. The van der Waals surface area contributed by atoms with Crippen LogP contribution >= 0.6 is 0 Å². The van der Waals surface area contributed by atoms with Crippen molar-refractivity contribution in [1.82, 2.24) is 5.32 Å². The van der Waals surface area contributed by atoms with E-state index in [1.807, 2.05) is 13.8 Å². The molecular formula is C16H29NO. The molecule has 0 saturated heterocycles. The average Bonchev–Trinajstić information content (AvgIpc) is 2.30. The Morgan fingerprint density at radius 1 is 1.33 bits per heavy atom. The van der Waals surface area contributed by atoms with Crippen molar-refractivity contribution in [3.63, 3.8) is 0 Å². The molecule has 3 rings (SSSR count). The minimum atomic E-state index is -0.225. The molecule has 0 aliphatic heterocycles. The monoisotopic (exact) mass is 251 g/mol. The standard InChI is InChI=1S/C16H29NO/c1-7-15(3,4)14(18)17-13-9-11-8-12(10(13)2)16(11,5)6/h10-13H,7-9H2,1-6H3,(H,17,18)/t10?,11-,12+,13+/m0/s1. The van der Waals surface area contributed by atoms with Gasteiger partial charge in [0.1, 0.15) is 0 Å². The molecule has 3 saturated carbocycles. The number of hydrogen-bond acceptors (Lipinski definition) is 1. The zero-order chi connectivity index (χ0) is 13.7. The summed E-state index contributed by atoms with van der Waals surface area (Å²) in [5, 5.41) is 3.32. The number of amides is 1. The predicted octanol–water partition coefficient (Wildman–Crippen LogP) is 3.61. The van der Waals surface area contributed by atoms with Gasteiger partial charge in [0.2, 0.25) is 5.91 Å². The SMILES string of the molecule is CCC(C)(C)C(=O)N[C@@H]1C[C@@H]2C[C@H](C1C)C2(C)C. The summed E-state index contributed by atoms with van der Waals surface area (Å²) >= 11 is 0. The van der Waals surface area contributed by atoms with Gasteiger partial charge in [-0.05, 0) is 42.4 Å². The molecule has 18 heavy (non-hydrogen) atoms. The summed E-state index contributed by atoms with van der Waals surface area (Å²) < 4.78 is 0. The van der Waals surface area contributed by atoms with Crippen molar-refractivity contribution < 1.29 is 4.79 Å². The van der Waals surface area contributed by atoms with Crippen molar-refractivity contribution in [3.05, 3.63) is 0 Å². The van der Waals surface area contributed by atoms with Gasteiger partial charge in [0.05, 0.1) is 0 Å². The van der Waals surface area contributed by atoms with E-state index in [0.29, 0.717) is 17.4 Å². The molecule has 0 aromatic carbocycles. The Hall–Kier alpha value is -0.530. The van der Waals surface area contributed by atoms with Crippen LogP contribution in [0.3, 0.4) is 0 Å². The van der Waals surface area contributed by atoms with Gasteiger partial charge in [0, 0.05) is 11.5 Å². The highest BCUT2D eigenvalue weighted by Crippen LogP contribution is 2.61.